The fraction of sp³-hybridized carbons (Fsp3) is 0.417. The Balaban J connectivity index is 2.53. The summed E-state index contributed by atoms with van der Waals surface area (Å²) in [6.07, 6.45) is 2.78. The summed E-state index contributed by atoms with van der Waals surface area (Å²) >= 11 is 0. The van der Waals surface area contributed by atoms with Crippen LogP contribution in [0.3, 0.4) is 0 Å². The van der Waals surface area contributed by atoms with Crippen LogP contribution in [0.2, 0.25) is 0 Å². The molecule has 0 unspecified atom stereocenters. The van der Waals surface area contributed by atoms with Crippen LogP contribution in [-0.2, 0) is 4.79 Å². The third-order valence-electron chi connectivity index (χ3n) is 2.20. The normalized spacial score (nSPS) is 10.2. The van der Waals surface area contributed by atoms with Crippen molar-refractivity contribution in [1.29, 1.82) is 0 Å². The third-order valence-corrected chi connectivity index (χ3v) is 2.20. The molecule has 6 heteroatoms. The van der Waals surface area contributed by atoms with E-state index in [1.165, 1.54) is 18.5 Å². The standard InChI is InChI=1S/C12H17N3O3/c1-8(2)5-15-11(16)7-14-10-6-13-4-3-9(10)12(17)18/h3-4,6,8,14H,5,7H2,1-2H3,(H,15,16)(H,17,18). The highest BCUT2D eigenvalue weighted by molar-refractivity contribution is 5.94. The summed E-state index contributed by atoms with van der Waals surface area (Å²) in [4.78, 5) is 26.2. The minimum Gasteiger partial charge on any atom is -0.478 e. The van der Waals surface area contributed by atoms with Crippen molar-refractivity contribution in [3.05, 3.63) is 24.0 Å². The molecular weight excluding hydrogens is 234 g/mol. The van der Waals surface area contributed by atoms with Crippen molar-refractivity contribution >= 4 is 17.6 Å². The maximum Gasteiger partial charge on any atom is 0.337 e. The first-order valence-corrected chi connectivity index (χ1v) is 5.68. The Labute approximate surface area is 105 Å². The first kappa shape index (κ1) is 14.0. The van der Waals surface area contributed by atoms with Gasteiger partial charge in [0.1, 0.15) is 0 Å². The zero-order valence-electron chi connectivity index (χ0n) is 10.4. The Kier molecular flexibility index (Phi) is 5.10. The summed E-state index contributed by atoms with van der Waals surface area (Å²) in [5.41, 5.74) is 0.436. The van der Waals surface area contributed by atoms with Crippen molar-refractivity contribution in [1.82, 2.24) is 10.3 Å². The van der Waals surface area contributed by atoms with E-state index in [9.17, 15) is 9.59 Å². The molecule has 0 spiro atoms. The minimum absolute atomic E-state index is 0.0265. The molecule has 1 rings (SSSR count). The largest absolute Gasteiger partial charge is 0.478 e. The lowest BCUT2D eigenvalue weighted by Gasteiger charge is -2.10. The molecule has 0 aromatic carbocycles. The lowest BCUT2D eigenvalue weighted by atomic mass is 10.2. The maximum absolute atomic E-state index is 11.5. The van der Waals surface area contributed by atoms with Crippen molar-refractivity contribution in [3.63, 3.8) is 0 Å². The molecule has 1 heterocycles. The number of aromatic nitrogens is 1. The number of hydrogen-bond acceptors (Lipinski definition) is 4. The number of anilines is 1. The van der Waals surface area contributed by atoms with Crippen LogP contribution >= 0.6 is 0 Å². The van der Waals surface area contributed by atoms with Crippen molar-refractivity contribution < 1.29 is 14.7 Å². The number of nitrogens with zero attached hydrogens (tertiary/aromatic N) is 1. The molecule has 0 fully saturated rings. The number of rotatable bonds is 6. The highest BCUT2D eigenvalue weighted by Gasteiger charge is 2.10. The van der Waals surface area contributed by atoms with Gasteiger partial charge in [0.05, 0.1) is 24.0 Å². The van der Waals surface area contributed by atoms with Crippen LogP contribution in [0.4, 0.5) is 5.69 Å². The number of nitrogens with one attached hydrogen (secondary N) is 2. The van der Waals surface area contributed by atoms with Crippen LogP contribution in [0.5, 0.6) is 0 Å². The predicted octanol–water partition coefficient (Wildman–Crippen LogP) is 0.964. The molecule has 0 saturated carbocycles. The van der Waals surface area contributed by atoms with E-state index in [1.54, 1.807) is 0 Å². The van der Waals surface area contributed by atoms with Gasteiger partial charge >= 0.3 is 5.97 Å². The number of carbonyl (C=O) groups excluding carboxylic acids is 1. The third kappa shape index (κ3) is 4.40. The molecule has 0 saturated heterocycles. The Bertz CT molecular complexity index is 432. The van der Waals surface area contributed by atoms with Gasteiger partial charge in [-0.1, -0.05) is 13.8 Å². The molecule has 1 aromatic rings. The SMILES string of the molecule is CC(C)CNC(=O)CNc1cnccc1C(=O)O. The van der Waals surface area contributed by atoms with Crippen LogP contribution in [0.1, 0.15) is 24.2 Å². The Morgan fingerprint density at radius 1 is 1.44 bits per heavy atom. The summed E-state index contributed by atoms with van der Waals surface area (Å²) in [6, 6.07) is 1.39. The summed E-state index contributed by atoms with van der Waals surface area (Å²) in [5, 5.41) is 14.4. The second-order valence-corrected chi connectivity index (χ2v) is 4.28. The van der Waals surface area contributed by atoms with Gasteiger partial charge in [0.15, 0.2) is 0 Å². The van der Waals surface area contributed by atoms with Gasteiger partial charge in [0.25, 0.3) is 0 Å². The monoisotopic (exact) mass is 251 g/mol. The van der Waals surface area contributed by atoms with Gasteiger partial charge in [0.2, 0.25) is 5.91 Å². The average molecular weight is 251 g/mol. The number of carboxylic acids is 1. The number of carbonyl (C=O) groups is 2. The molecule has 3 N–H and O–H groups in total. The average Bonchev–Trinajstić information content (AvgIpc) is 2.34. The number of amides is 1. The fourth-order valence-corrected chi connectivity index (χ4v) is 1.28. The molecule has 0 atom stereocenters. The zero-order chi connectivity index (χ0) is 13.5. The second kappa shape index (κ2) is 6.58. The van der Waals surface area contributed by atoms with Crippen molar-refractivity contribution in [3.8, 4) is 0 Å². The van der Waals surface area contributed by atoms with Gasteiger partial charge in [-0.3, -0.25) is 9.78 Å². The molecular formula is C12H17N3O3. The summed E-state index contributed by atoms with van der Waals surface area (Å²) in [6.45, 7) is 4.62. The lowest BCUT2D eigenvalue weighted by molar-refractivity contribution is -0.119. The Morgan fingerprint density at radius 3 is 2.78 bits per heavy atom. The van der Waals surface area contributed by atoms with Crippen molar-refractivity contribution in [2.45, 2.75) is 13.8 Å². The van der Waals surface area contributed by atoms with E-state index < -0.39 is 5.97 Å². The van der Waals surface area contributed by atoms with Gasteiger partial charge in [-0.2, -0.15) is 0 Å². The van der Waals surface area contributed by atoms with Crippen LogP contribution < -0.4 is 10.6 Å². The van der Waals surface area contributed by atoms with Gasteiger partial charge in [-0.15, -0.1) is 0 Å². The van der Waals surface area contributed by atoms with E-state index in [0.29, 0.717) is 18.2 Å². The molecule has 98 valence electrons. The number of aromatic carboxylic acids is 1. The summed E-state index contributed by atoms with van der Waals surface area (Å²) < 4.78 is 0. The fourth-order valence-electron chi connectivity index (χ4n) is 1.28. The van der Waals surface area contributed by atoms with E-state index in [2.05, 4.69) is 15.6 Å². The molecule has 0 aliphatic carbocycles. The molecule has 1 aromatic heterocycles. The molecule has 0 aliphatic heterocycles. The number of carboxylic acid groups (broad SMARTS) is 1. The van der Waals surface area contributed by atoms with Crippen LogP contribution in [0, 0.1) is 5.92 Å². The van der Waals surface area contributed by atoms with Gasteiger partial charge in [0, 0.05) is 12.7 Å². The molecule has 6 nitrogen and oxygen atoms in total. The molecule has 0 bridgehead atoms. The molecule has 0 aliphatic rings. The van der Waals surface area contributed by atoms with Gasteiger partial charge < -0.3 is 15.7 Å². The van der Waals surface area contributed by atoms with E-state index in [0.717, 1.165) is 0 Å². The molecule has 18 heavy (non-hydrogen) atoms. The van der Waals surface area contributed by atoms with Crippen LogP contribution in [0.15, 0.2) is 18.5 Å². The van der Waals surface area contributed by atoms with E-state index in [-0.39, 0.29) is 18.0 Å². The summed E-state index contributed by atoms with van der Waals surface area (Å²) in [7, 11) is 0. The number of hydrogen-bond donors (Lipinski definition) is 3. The Hall–Kier alpha value is -2.11. The zero-order valence-corrected chi connectivity index (χ0v) is 10.4. The lowest BCUT2D eigenvalue weighted by Crippen LogP contribution is -2.32. The quantitative estimate of drug-likeness (QED) is 0.700. The first-order chi connectivity index (χ1) is 8.50. The van der Waals surface area contributed by atoms with E-state index in [4.69, 9.17) is 5.11 Å². The van der Waals surface area contributed by atoms with Gasteiger partial charge in [-0.05, 0) is 12.0 Å². The molecule has 1 amide bonds. The first-order valence-electron chi connectivity index (χ1n) is 5.68. The predicted molar refractivity (Wildman–Crippen MR) is 67.5 cm³/mol. The Morgan fingerprint density at radius 2 is 2.17 bits per heavy atom. The highest BCUT2D eigenvalue weighted by Crippen LogP contribution is 2.12. The van der Waals surface area contributed by atoms with Crippen molar-refractivity contribution in [2.75, 3.05) is 18.4 Å². The maximum atomic E-state index is 11.5. The minimum atomic E-state index is -1.05. The highest BCUT2D eigenvalue weighted by atomic mass is 16.4. The van der Waals surface area contributed by atoms with Gasteiger partial charge in [-0.25, -0.2) is 4.79 Å². The van der Waals surface area contributed by atoms with Crippen LogP contribution in [0.25, 0.3) is 0 Å². The number of pyridine rings is 1. The van der Waals surface area contributed by atoms with Crippen molar-refractivity contribution in [2.24, 2.45) is 5.92 Å². The molecule has 0 radical (unpaired) electrons. The smallest absolute Gasteiger partial charge is 0.337 e. The van der Waals surface area contributed by atoms with E-state index in [1.807, 2.05) is 13.8 Å². The van der Waals surface area contributed by atoms with Crippen LogP contribution in [-0.4, -0.2) is 35.1 Å². The topological polar surface area (TPSA) is 91.3 Å². The summed E-state index contributed by atoms with van der Waals surface area (Å²) in [5.74, 6) is -0.853. The van der Waals surface area contributed by atoms with E-state index >= 15 is 0 Å². The second-order valence-electron chi connectivity index (χ2n) is 4.28.